The molecular weight excluding hydrogens is 752 g/mol. The summed E-state index contributed by atoms with van der Waals surface area (Å²) in [5.74, 6) is 3.58. The van der Waals surface area contributed by atoms with Crippen molar-refractivity contribution in [2.75, 3.05) is 21.3 Å². The van der Waals surface area contributed by atoms with E-state index in [2.05, 4.69) is 104 Å². The molecule has 0 fully saturated rings. The molecule has 2 N–H and O–H groups in total. The summed E-state index contributed by atoms with van der Waals surface area (Å²) in [6, 6.07) is 48.2. The third kappa shape index (κ3) is 7.39. The Bertz CT molecular complexity index is 2350. The molecule has 0 bridgehead atoms. The van der Waals surface area contributed by atoms with Crippen LogP contribution < -0.4 is 40.0 Å². The molecule has 7 heteroatoms. The van der Waals surface area contributed by atoms with Crippen LogP contribution in [0.25, 0.3) is 0 Å². The maximum atomic E-state index is 10.8. The molecule has 7 aromatic carbocycles. The van der Waals surface area contributed by atoms with Crippen molar-refractivity contribution in [1.82, 2.24) is 0 Å². The molecular formula is C52H53O6P. The van der Waals surface area contributed by atoms with Crippen molar-refractivity contribution in [2.24, 2.45) is 0 Å². The summed E-state index contributed by atoms with van der Waals surface area (Å²) >= 11 is 0. The Labute approximate surface area is 348 Å². The number of hydrogen-bond acceptors (Lipinski definition) is 6. The van der Waals surface area contributed by atoms with Crippen LogP contribution in [0.15, 0.2) is 140 Å². The molecule has 0 aromatic heterocycles. The summed E-state index contributed by atoms with van der Waals surface area (Å²) in [4.78, 5) is 0. The number of ether oxygens (including phenoxy) is 3. The number of hydrogen-bond donors (Lipinski definition) is 2. The number of phenolic OH excluding ortho intramolecular Hbond substituents is 2. The number of rotatable bonds is 13. The van der Waals surface area contributed by atoms with Crippen LogP contribution in [0.5, 0.6) is 34.5 Å². The van der Waals surface area contributed by atoms with Crippen LogP contribution in [0.2, 0.25) is 0 Å². The topological polar surface area (TPSA) is 77.4 Å². The number of aromatic hydroxyl groups is 2. The molecule has 0 unspecified atom stereocenters. The van der Waals surface area contributed by atoms with E-state index in [1.165, 1.54) is 0 Å². The number of methoxy groups -OCH3 is 3. The Balaban J connectivity index is 1.66. The second kappa shape index (κ2) is 16.6. The normalized spacial score (nSPS) is 12.0. The van der Waals surface area contributed by atoms with E-state index in [4.69, 9.17) is 18.7 Å². The van der Waals surface area contributed by atoms with Gasteiger partial charge in [0.2, 0.25) is 0 Å². The van der Waals surface area contributed by atoms with Crippen LogP contribution in [0.4, 0.5) is 0 Å². The van der Waals surface area contributed by atoms with Gasteiger partial charge in [0.25, 0.3) is 0 Å². The van der Waals surface area contributed by atoms with Crippen molar-refractivity contribution in [1.29, 1.82) is 0 Å². The molecule has 0 heterocycles. The van der Waals surface area contributed by atoms with E-state index in [-0.39, 0.29) is 0 Å². The van der Waals surface area contributed by atoms with Crippen LogP contribution in [0.3, 0.4) is 0 Å². The minimum atomic E-state index is -4.38. The predicted octanol–water partition coefficient (Wildman–Crippen LogP) is 10.00. The zero-order valence-electron chi connectivity index (χ0n) is 35.2. The van der Waals surface area contributed by atoms with Gasteiger partial charge >= 0.3 is 350 Å². The monoisotopic (exact) mass is 804 g/mol. The van der Waals surface area contributed by atoms with Gasteiger partial charge in [-0.15, -0.1) is 0 Å². The second-order valence-electron chi connectivity index (χ2n) is 15.5. The van der Waals surface area contributed by atoms with Crippen molar-refractivity contribution in [3.05, 3.63) is 190 Å². The van der Waals surface area contributed by atoms with Crippen LogP contribution in [-0.2, 0) is 12.8 Å². The summed E-state index contributed by atoms with van der Waals surface area (Å²) in [5, 5.41) is 25.5. The molecule has 0 radical (unpaired) electrons. The van der Waals surface area contributed by atoms with Gasteiger partial charge in [-0.3, -0.25) is 0 Å². The van der Waals surface area contributed by atoms with Crippen molar-refractivity contribution in [3.63, 3.8) is 0 Å². The van der Waals surface area contributed by atoms with E-state index in [0.717, 1.165) is 94.3 Å². The van der Waals surface area contributed by atoms with Crippen LogP contribution in [0, 0.1) is 34.6 Å². The predicted molar refractivity (Wildman–Crippen MR) is 243 cm³/mol. The molecule has 0 atom stereocenters. The molecule has 7 rings (SSSR count). The average molecular weight is 805 g/mol. The number of phenols is 2. The Hall–Kier alpha value is -6.23. The Morgan fingerprint density at radius 3 is 1.07 bits per heavy atom. The number of benzene rings is 7. The van der Waals surface area contributed by atoms with Gasteiger partial charge in [-0.25, -0.2) is 0 Å². The Kier molecular flexibility index (Phi) is 11.5. The van der Waals surface area contributed by atoms with Crippen molar-refractivity contribution >= 4 is 28.0 Å². The summed E-state index contributed by atoms with van der Waals surface area (Å²) < 4.78 is 25.8. The fraction of sp³-hybridized carbons (Fsp3) is 0.192. The van der Waals surface area contributed by atoms with E-state index >= 15 is 0 Å². The Morgan fingerprint density at radius 2 is 0.746 bits per heavy atom. The molecule has 7 aromatic rings. The molecule has 59 heavy (non-hydrogen) atoms. The first-order chi connectivity index (χ1) is 28.4. The molecule has 0 saturated heterocycles. The standard InChI is InChI=1S/C52H53O6P/c1-34-26-41(32-39-28-35(2)50(53)36(3)29-39)52(42(27-34)33-40-30-37(4)51(54)38(5)31-40)58-59(46-12-10-9-11-13-46,47-20-14-43(55-6)15-21-47,48-22-16-44(56-7)17-23-48)49-24-18-45(57-8)19-25-49/h9-31,53-54H,32-33H2,1-8H3. The van der Waals surface area contributed by atoms with Gasteiger partial charge in [0, 0.05) is 0 Å². The third-order valence-corrected chi connectivity index (χ3v) is 17.2. The summed E-state index contributed by atoms with van der Waals surface area (Å²) in [5.41, 5.74) is 8.54. The minimum absolute atomic E-state index is 0.306. The van der Waals surface area contributed by atoms with E-state index in [1.807, 2.05) is 70.2 Å². The van der Waals surface area contributed by atoms with Gasteiger partial charge in [-0.05, 0) is 0 Å². The summed E-state index contributed by atoms with van der Waals surface area (Å²) in [6.07, 6.45) is 1.10. The first-order valence-electron chi connectivity index (χ1n) is 19.8. The quantitative estimate of drug-likeness (QED) is 0.113. The van der Waals surface area contributed by atoms with Crippen LogP contribution >= 0.6 is 6.83 Å². The Morgan fingerprint density at radius 1 is 0.424 bits per heavy atom. The van der Waals surface area contributed by atoms with Crippen molar-refractivity contribution in [2.45, 2.75) is 47.5 Å². The zero-order chi connectivity index (χ0) is 41.9. The van der Waals surface area contributed by atoms with Gasteiger partial charge in [0.05, 0.1) is 0 Å². The van der Waals surface area contributed by atoms with Crippen molar-refractivity contribution in [3.8, 4) is 34.5 Å². The average Bonchev–Trinajstić information content (AvgIpc) is 3.25. The maximum absolute atomic E-state index is 10.8. The fourth-order valence-corrected chi connectivity index (χ4v) is 14.3. The van der Waals surface area contributed by atoms with Crippen molar-refractivity contribution < 1.29 is 28.9 Å². The van der Waals surface area contributed by atoms with Gasteiger partial charge in [0.1, 0.15) is 0 Å². The fourth-order valence-electron chi connectivity index (χ4n) is 8.64. The summed E-state index contributed by atoms with van der Waals surface area (Å²) in [6.45, 7) is 5.53. The first-order valence-corrected chi connectivity index (χ1v) is 22.0. The number of aryl methyl sites for hydroxylation is 5. The molecule has 6 nitrogen and oxygen atoms in total. The molecule has 0 spiro atoms. The molecule has 0 aliphatic carbocycles. The molecule has 302 valence electrons. The zero-order valence-corrected chi connectivity index (χ0v) is 36.1. The van der Waals surface area contributed by atoms with E-state index in [1.54, 1.807) is 21.3 Å². The molecule has 0 aliphatic heterocycles. The molecule has 0 amide bonds. The van der Waals surface area contributed by atoms with Gasteiger partial charge < -0.3 is 0 Å². The van der Waals surface area contributed by atoms with E-state index < -0.39 is 6.83 Å². The van der Waals surface area contributed by atoms with Gasteiger partial charge in [0.15, 0.2) is 0 Å². The molecule has 0 aliphatic rings. The second-order valence-corrected chi connectivity index (χ2v) is 19.8. The van der Waals surface area contributed by atoms with Crippen LogP contribution in [-0.4, -0.2) is 31.5 Å². The SMILES string of the molecule is COc1ccc(P(Oc2c(Cc3cc(C)c(O)c(C)c3)cc(C)cc2Cc2cc(C)c(O)c(C)c2)(c2ccccc2)(c2ccc(OC)cc2)c2ccc(OC)cc2)cc1. The van der Waals surface area contributed by atoms with E-state index in [0.29, 0.717) is 24.3 Å². The molecule has 0 saturated carbocycles. The third-order valence-electron chi connectivity index (χ3n) is 11.5. The van der Waals surface area contributed by atoms with E-state index in [9.17, 15) is 10.2 Å². The summed E-state index contributed by atoms with van der Waals surface area (Å²) in [7, 11) is 5.04. The van der Waals surface area contributed by atoms with Crippen LogP contribution in [0.1, 0.15) is 50.1 Å². The van der Waals surface area contributed by atoms with Gasteiger partial charge in [-0.2, -0.15) is 0 Å². The van der Waals surface area contributed by atoms with Gasteiger partial charge in [-0.1, -0.05) is 0 Å². The first kappa shape index (κ1) is 40.9.